The molecule has 3 N–H and O–H groups in total. The molecule has 0 aliphatic heterocycles. The highest BCUT2D eigenvalue weighted by molar-refractivity contribution is 6.03. The second-order valence-electron chi connectivity index (χ2n) is 4.02. The van der Waals surface area contributed by atoms with Crippen molar-refractivity contribution < 1.29 is 4.79 Å². The van der Waals surface area contributed by atoms with Gasteiger partial charge in [0.2, 0.25) is 0 Å². The van der Waals surface area contributed by atoms with Crippen molar-refractivity contribution in [2.75, 3.05) is 5.32 Å². The van der Waals surface area contributed by atoms with Gasteiger partial charge in [-0.15, -0.1) is 24.8 Å². The van der Waals surface area contributed by atoms with Crippen LogP contribution >= 0.6 is 24.8 Å². The van der Waals surface area contributed by atoms with Crippen LogP contribution in [0.15, 0.2) is 42.5 Å². The van der Waals surface area contributed by atoms with Gasteiger partial charge in [-0.2, -0.15) is 0 Å². The van der Waals surface area contributed by atoms with Crippen molar-refractivity contribution in [1.29, 1.82) is 0 Å². The fraction of sp³-hybridized carbons (Fsp3) is 0.143. The highest BCUT2D eigenvalue weighted by Gasteiger charge is 2.06. The summed E-state index contributed by atoms with van der Waals surface area (Å²) in [5.74, 6) is 0.388. The predicted octanol–water partition coefficient (Wildman–Crippen LogP) is 2.94. The Morgan fingerprint density at radius 3 is 2.35 bits per heavy atom. The van der Waals surface area contributed by atoms with Crippen LogP contribution in [0.2, 0.25) is 0 Å². The molecule has 1 aromatic carbocycles. The molecule has 0 spiro atoms. The van der Waals surface area contributed by atoms with Gasteiger partial charge in [-0.3, -0.25) is 4.79 Å². The molecule has 1 heterocycles. The fourth-order valence-electron chi connectivity index (χ4n) is 1.59. The molecule has 6 heteroatoms. The third-order valence-electron chi connectivity index (χ3n) is 2.58. The normalized spacial score (nSPS) is 9.10. The van der Waals surface area contributed by atoms with Crippen LogP contribution in [0, 0.1) is 6.92 Å². The number of rotatable bonds is 3. The second-order valence-corrected chi connectivity index (χ2v) is 4.02. The highest BCUT2D eigenvalue weighted by atomic mass is 35.5. The number of benzene rings is 1. The molecule has 1 amide bonds. The van der Waals surface area contributed by atoms with E-state index in [9.17, 15) is 4.79 Å². The van der Waals surface area contributed by atoms with Crippen LogP contribution in [0.4, 0.5) is 5.82 Å². The van der Waals surface area contributed by atoms with Gasteiger partial charge in [-0.25, -0.2) is 4.98 Å². The largest absolute Gasteiger partial charge is 0.326 e. The predicted molar refractivity (Wildman–Crippen MR) is 85.8 cm³/mol. The molecule has 1 aromatic heterocycles. The van der Waals surface area contributed by atoms with E-state index < -0.39 is 0 Å². The zero-order valence-corrected chi connectivity index (χ0v) is 12.6. The first kappa shape index (κ1) is 18.4. The monoisotopic (exact) mass is 313 g/mol. The Morgan fingerprint density at radius 2 is 1.80 bits per heavy atom. The number of nitrogens with zero attached hydrogens (tertiary/aromatic N) is 1. The van der Waals surface area contributed by atoms with E-state index >= 15 is 0 Å². The van der Waals surface area contributed by atoms with Crippen molar-refractivity contribution >= 4 is 36.5 Å². The molecule has 108 valence electrons. The lowest BCUT2D eigenvalue weighted by atomic mass is 10.1. The van der Waals surface area contributed by atoms with Crippen LogP contribution in [0.25, 0.3) is 0 Å². The summed E-state index contributed by atoms with van der Waals surface area (Å²) in [7, 11) is 0. The zero-order valence-electron chi connectivity index (χ0n) is 11.0. The number of hydrogen-bond donors (Lipinski definition) is 2. The van der Waals surface area contributed by atoms with Crippen molar-refractivity contribution in [2.24, 2.45) is 5.73 Å². The van der Waals surface area contributed by atoms with E-state index in [1.165, 1.54) is 0 Å². The van der Waals surface area contributed by atoms with Crippen LogP contribution in [0.1, 0.15) is 21.6 Å². The number of nitrogens with one attached hydrogen (secondary N) is 1. The van der Waals surface area contributed by atoms with E-state index in [2.05, 4.69) is 10.3 Å². The number of carbonyl (C=O) groups is 1. The maximum Gasteiger partial charge on any atom is 0.256 e. The van der Waals surface area contributed by atoms with Gasteiger partial charge in [0, 0.05) is 17.8 Å². The average Bonchev–Trinajstić information content (AvgIpc) is 2.39. The first-order valence-electron chi connectivity index (χ1n) is 5.73. The molecule has 0 saturated carbocycles. The Kier molecular flexibility index (Phi) is 7.84. The molecule has 0 radical (unpaired) electrons. The standard InChI is InChI=1S/C14H15N3O.2ClH/c1-10-3-2-4-13(16-10)17-14(18)12-7-5-11(9-15)6-8-12;;/h2-8H,9,15H2,1H3,(H,16,17,18);2*1H. The van der Waals surface area contributed by atoms with Crippen LogP contribution in [-0.2, 0) is 6.54 Å². The van der Waals surface area contributed by atoms with Gasteiger partial charge in [0.25, 0.3) is 5.91 Å². The Labute approximate surface area is 130 Å². The summed E-state index contributed by atoms with van der Waals surface area (Å²) >= 11 is 0. The van der Waals surface area contributed by atoms with Crippen molar-refractivity contribution in [3.63, 3.8) is 0 Å². The van der Waals surface area contributed by atoms with E-state index in [1.54, 1.807) is 18.2 Å². The zero-order chi connectivity index (χ0) is 13.0. The quantitative estimate of drug-likeness (QED) is 0.915. The Morgan fingerprint density at radius 1 is 1.15 bits per heavy atom. The van der Waals surface area contributed by atoms with Gasteiger partial charge < -0.3 is 11.1 Å². The minimum Gasteiger partial charge on any atom is -0.326 e. The van der Waals surface area contributed by atoms with E-state index in [0.29, 0.717) is 17.9 Å². The van der Waals surface area contributed by atoms with Crippen molar-refractivity contribution in [3.8, 4) is 0 Å². The molecule has 0 bridgehead atoms. The van der Waals surface area contributed by atoms with E-state index in [1.807, 2.05) is 31.2 Å². The third-order valence-corrected chi connectivity index (χ3v) is 2.58. The van der Waals surface area contributed by atoms with Crippen molar-refractivity contribution in [3.05, 3.63) is 59.3 Å². The molecule has 2 rings (SSSR count). The van der Waals surface area contributed by atoms with Gasteiger partial charge in [0.1, 0.15) is 5.82 Å². The maximum atomic E-state index is 11.9. The number of aromatic nitrogens is 1. The Bertz CT molecular complexity index is 559. The number of amides is 1. The molecular weight excluding hydrogens is 297 g/mol. The lowest BCUT2D eigenvalue weighted by molar-refractivity contribution is 0.102. The highest BCUT2D eigenvalue weighted by Crippen LogP contribution is 2.08. The van der Waals surface area contributed by atoms with Crippen LogP contribution in [0.3, 0.4) is 0 Å². The second kappa shape index (κ2) is 8.53. The summed E-state index contributed by atoms with van der Waals surface area (Å²) in [6, 6.07) is 12.7. The van der Waals surface area contributed by atoms with E-state index in [0.717, 1.165) is 11.3 Å². The van der Waals surface area contributed by atoms with E-state index in [-0.39, 0.29) is 30.7 Å². The SMILES string of the molecule is Cc1cccc(NC(=O)c2ccc(CN)cc2)n1.Cl.Cl. The number of nitrogens with two attached hydrogens (primary N) is 1. The molecule has 0 aliphatic rings. The van der Waals surface area contributed by atoms with Gasteiger partial charge in [0.05, 0.1) is 0 Å². The summed E-state index contributed by atoms with van der Waals surface area (Å²) in [5, 5.41) is 2.76. The number of carbonyl (C=O) groups excluding carboxylic acids is 1. The first-order valence-corrected chi connectivity index (χ1v) is 5.73. The van der Waals surface area contributed by atoms with E-state index in [4.69, 9.17) is 5.73 Å². The number of halogens is 2. The number of anilines is 1. The summed E-state index contributed by atoms with van der Waals surface area (Å²) in [6.07, 6.45) is 0. The fourth-order valence-corrected chi connectivity index (χ4v) is 1.59. The molecule has 0 unspecified atom stereocenters. The maximum absolute atomic E-state index is 11.9. The molecule has 0 saturated heterocycles. The number of pyridine rings is 1. The lowest BCUT2D eigenvalue weighted by Crippen LogP contribution is -2.13. The van der Waals surface area contributed by atoms with Crippen molar-refractivity contribution in [1.82, 2.24) is 4.98 Å². The lowest BCUT2D eigenvalue weighted by Gasteiger charge is -2.05. The molecule has 0 fully saturated rings. The minimum absolute atomic E-state index is 0. The summed E-state index contributed by atoms with van der Waals surface area (Å²) in [5.41, 5.74) is 7.97. The van der Waals surface area contributed by atoms with Crippen LogP contribution < -0.4 is 11.1 Å². The molecule has 20 heavy (non-hydrogen) atoms. The van der Waals surface area contributed by atoms with Gasteiger partial charge in [-0.05, 0) is 36.8 Å². The molecule has 2 aromatic rings. The van der Waals surface area contributed by atoms with Gasteiger partial charge in [0.15, 0.2) is 0 Å². The number of hydrogen-bond acceptors (Lipinski definition) is 3. The summed E-state index contributed by atoms with van der Waals surface area (Å²) < 4.78 is 0. The summed E-state index contributed by atoms with van der Waals surface area (Å²) in [6.45, 7) is 2.35. The minimum atomic E-state index is -0.170. The Balaban J connectivity index is 0.00000180. The smallest absolute Gasteiger partial charge is 0.256 e. The molecule has 0 atom stereocenters. The topological polar surface area (TPSA) is 68.0 Å². The first-order chi connectivity index (χ1) is 8.69. The van der Waals surface area contributed by atoms with Crippen LogP contribution in [0.5, 0.6) is 0 Å². The average molecular weight is 314 g/mol. The van der Waals surface area contributed by atoms with Crippen molar-refractivity contribution in [2.45, 2.75) is 13.5 Å². The van der Waals surface area contributed by atoms with Gasteiger partial charge in [-0.1, -0.05) is 18.2 Å². The Hall–Kier alpha value is -1.62. The summed E-state index contributed by atoms with van der Waals surface area (Å²) in [4.78, 5) is 16.2. The molecule has 0 aliphatic carbocycles. The molecular formula is C14H17Cl2N3O. The van der Waals surface area contributed by atoms with Crippen LogP contribution in [-0.4, -0.2) is 10.9 Å². The molecule has 4 nitrogen and oxygen atoms in total. The number of aryl methyl sites for hydroxylation is 1. The van der Waals surface area contributed by atoms with Gasteiger partial charge >= 0.3 is 0 Å². The third kappa shape index (κ3) is 4.81.